The van der Waals surface area contributed by atoms with Crippen molar-refractivity contribution < 1.29 is 28.6 Å². The number of hydrogen-bond donors (Lipinski definition) is 0. The minimum absolute atomic E-state index is 0.208. The number of hydrogen-bond acceptors (Lipinski definition) is 7. The zero-order valence-corrected chi connectivity index (χ0v) is 31.2. The monoisotopic (exact) mass is 727 g/mol. The van der Waals surface area contributed by atoms with E-state index in [2.05, 4.69) is 90.9 Å². The molecule has 7 nitrogen and oxygen atoms in total. The molecule has 6 aromatic carbocycles. The number of rotatable bonds is 12. The van der Waals surface area contributed by atoms with Gasteiger partial charge >= 0.3 is 17.9 Å². The lowest BCUT2D eigenvalue weighted by Gasteiger charge is -2.26. The van der Waals surface area contributed by atoms with E-state index < -0.39 is 11.9 Å². The fraction of sp³-hybridized carbons (Fsp3) is 0.104. The smallest absolute Gasteiger partial charge is 0.338 e. The molecule has 0 atom stereocenters. The van der Waals surface area contributed by atoms with Gasteiger partial charge in [-0.15, -0.1) is 0 Å². The summed E-state index contributed by atoms with van der Waals surface area (Å²) in [5.74, 6) is 0.0396. The number of carbonyl (C=O) groups is 3. The second-order valence-electron chi connectivity index (χ2n) is 13.5. The van der Waals surface area contributed by atoms with Crippen molar-refractivity contribution in [1.82, 2.24) is 0 Å². The van der Waals surface area contributed by atoms with Crippen molar-refractivity contribution in [2.75, 3.05) is 4.90 Å². The van der Waals surface area contributed by atoms with Crippen molar-refractivity contribution in [3.05, 3.63) is 170 Å². The first-order valence-corrected chi connectivity index (χ1v) is 17.8. The molecular formula is C48H41NO6. The second-order valence-corrected chi connectivity index (χ2v) is 13.5. The third-order valence-electron chi connectivity index (χ3n) is 8.75. The van der Waals surface area contributed by atoms with E-state index in [1.165, 1.54) is 0 Å². The quantitative estimate of drug-likeness (QED) is 0.0705. The molecule has 0 heterocycles. The highest BCUT2D eigenvalue weighted by Crippen LogP contribution is 2.38. The van der Waals surface area contributed by atoms with Crippen LogP contribution in [-0.4, -0.2) is 17.9 Å². The van der Waals surface area contributed by atoms with Gasteiger partial charge in [0.1, 0.15) is 17.2 Å². The van der Waals surface area contributed by atoms with E-state index in [4.69, 9.17) is 14.2 Å². The summed E-state index contributed by atoms with van der Waals surface area (Å²) < 4.78 is 16.2. The van der Waals surface area contributed by atoms with E-state index in [9.17, 15) is 14.4 Å². The first-order valence-electron chi connectivity index (χ1n) is 17.8. The predicted octanol–water partition coefficient (Wildman–Crippen LogP) is 11.7. The van der Waals surface area contributed by atoms with Gasteiger partial charge in [-0.1, -0.05) is 99.8 Å². The maximum absolute atomic E-state index is 12.0. The van der Waals surface area contributed by atoms with Gasteiger partial charge in [-0.05, 0) is 120 Å². The van der Waals surface area contributed by atoms with Crippen LogP contribution >= 0.6 is 0 Å². The maximum Gasteiger partial charge on any atom is 0.338 e. The fourth-order valence-corrected chi connectivity index (χ4v) is 5.62. The van der Waals surface area contributed by atoms with Crippen LogP contribution in [0.4, 0.5) is 17.1 Å². The van der Waals surface area contributed by atoms with E-state index >= 15 is 0 Å². The molecular weight excluding hydrogens is 687 g/mol. The van der Waals surface area contributed by atoms with Crippen LogP contribution in [0.5, 0.6) is 17.2 Å². The highest BCUT2D eigenvalue weighted by atomic mass is 16.5. The van der Waals surface area contributed by atoms with Crippen molar-refractivity contribution >= 4 is 35.0 Å². The molecule has 0 unspecified atom stereocenters. The Hall–Kier alpha value is -6.99. The van der Waals surface area contributed by atoms with Gasteiger partial charge in [-0.25, -0.2) is 9.59 Å². The molecule has 7 heteroatoms. The minimum atomic E-state index is -0.458. The van der Waals surface area contributed by atoms with E-state index in [0.717, 1.165) is 50.4 Å². The molecule has 0 radical (unpaired) electrons. The van der Waals surface area contributed by atoms with Gasteiger partial charge in [0.25, 0.3) is 0 Å². The standard InChI is InChI=1S/C48H41NO6/c1-31(2)46(50)53-43-25-13-37(14-26-43)34-7-19-40(20-8-34)49(41-21-9-35(10-22-41)38-15-27-44(28-16-38)54-47(51)32(3)4)42-23-11-36(12-24-42)39-17-29-45(30-18-39)55-48(52)33(5)6/h7-30,33H,1,3H2,2,4-6H3. The van der Waals surface area contributed by atoms with Crippen LogP contribution in [0, 0.1) is 5.92 Å². The van der Waals surface area contributed by atoms with Crippen molar-refractivity contribution in [2.45, 2.75) is 27.7 Å². The Morgan fingerprint density at radius 2 is 0.655 bits per heavy atom. The topological polar surface area (TPSA) is 82.1 Å². The van der Waals surface area contributed by atoms with Crippen molar-refractivity contribution in [3.63, 3.8) is 0 Å². The number of benzene rings is 6. The van der Waals surface area contributed by atoms with E-state index in [0.29, 0.717) is 28.4 Å². The molecule has 0 spiro atoms. The fourth-order valence-electron chi connectivity index (χ4n) is 5.62. The lowest BCUT2D eigenvalue weighted by Crippen LogP contribution is -2.14. The molecule has 0 aliphatic carbocycles. The molecule has 55 heavy (non-hydrogen) atoms. The second kappa shape index (κ2) is 16.8. The molecule has 0 aliphatic heterocycles. The Labute approximate surface area is 321 Å². The summed E-state index contributed by atoms with van der Waals surface area (Å²) in [5, 5.41) is 0. The largest absolute Gasteiger partial charge is 0.426 e. The lowest BCUT2D eigenvalue weighted by molar-refractivity contribution is -0.137. The van der Waals surface area contributed by atoms with Gasteiger partial charge in [0, 0.05) is 28.2 Å². The van der Waals surface area contributed by atoms with Gasteiger partial charge in [0.15, 0.2) is 0 Å². The van der Waals surface area contributed by atoms with Gasteiger partial charge < -0.3 is 19.1 Å². The summed E-state index contributed by atoms with van der Waals surface area (Å²) >= 11 is 0. The van der Waals surface area contributed by atoms with Gasteiger partial charge in [0.2, 0.25) is 0 Å². The molecule has 274 valence electrons. The summed E-state index contributed by atoms with van der Waals surface area (Å²) in [5.41, 5.74) is 9.53. The number of esters is 3. The maximum atomic E-state index is 12.0. The average molecular weight is 728 g/mol. The van der Waals surface area contributed by atoms with Crippen LogP contribution in [0.1, 0.15) is 27.7 Å². The summed E-state index contributed by atoms with van der Waals surface area (Å²) in [6.45, 7) is 14.1. The summed E-state index contributed by atoms with van der Waals surface area (Å²) in [4.78, 5) is 38.1. The molecule has 0 bridgehead atoms. The van der Waals surface area contributed by atoms with Crippen molar-refractivity contribution in [2.24, 2.45) is 5.92 Å². The zero-order chi connectivity index (χ0) is 39.1. The molecule has 0 fully saturated rings. The van der Waals surface area contributed by atoms with E-state index in [-0.39, 0.29) is 11.9 Å². The molecule has 0 saturated carbocycles. The molecule has 0 amide bonds. The molecule has 6 aromatic rings. The highest BCUT2D eigenvalue weighted by Gasteiger charge is 2.15. The van der Waals surface area contributed by atoms with Crippen LogP contribution in [0.3, 0.4) is 0 Å². The van der Waals surface area contributed by atoms with Crippen LogP contribution in [-0.2, 0) is 14.4 Å². The van der Waals surface area contributed by atoms with Crippen molar-refractivity contribution in [3.8, 4) is 50.6 Å². The highest BCUT2D eigenvalue weighted by molar-refractivity contribution is 5.89. The molecule has 0 aromatic heterocycles. The third-order valence-corrected chi connectivity index (χ3v) is 8.75. The number of carbonyl (C=O) groups excluding carboxylic acids is 3. The van der Waals surface area contributed by atoms with E-state index in [1.807, 2.05) is 62.4 Å². The molecule has 0 N–H and O–H groups in total. The Bertz CT molecular complexity index is 2210. The van der Waals surface area contributed by atoms with Crippen molar-refractivity contribution in [1.29, 1.82) is 0 Å². The predicted molar refractivity (Wildman–Crippen MR) is 219 cm³/mol. The summed E-state index contributed by atoms with van der Waals surface area (Å²) in [6.07, 6.45) is 0. The Balaban J connectivity index is 1.28. The Kier molecular flexibility index (Phi) is 11.5. The molecule has 0 aliphatic rings. The first kappa shape index (κ1) is 37.8. The van der Waals surface area contributed by atoms with E-state index in [1.54, 1.807) is 38.1 Å². The molecule has 0 saturated heterocycles. The third kappa shape index (κ3) is 9.33. The van der Waals surface area contributed by atoms with Crippen LogP contribution < -0.4 is 19.1 Å². The zero-order valence-electron chi connectivity index (χ0n) is 31.2. The van der Waals surface area contributed by atoms with Gasteiger partial charge in [-0.3, -0.25) is 4.79 Å². The average Bonchev–Trinajstić information content (AvgIpc) is 3.19. The molecule has 6 rings (SSSR count). The number of nitrogens with zero attached hydrogens (tertiary/aromatic N) is 1. The summed E-state index contributed by atoms with van der Waals surface area (Å²) in [7, 11) is 0. The minimum Gasteiger partial charge on any atom is -0.426 e. The normalized spacial score (nSPS) is 10.7. The van der Waals surface area contributed by atoms with Crippen LogP contribution in [0.25, 0.3) is 33.4 Å². The SMILES string of the molecule is C=C(C)C(=O)Oc1ccc(-c2ccc(N(c3ccc(-c4ccc(OC(=O)C(=C)C)cc4)cc3)c3ccc(-c4ccc(OC(=O)C(C)C)cc4)cc3)cc2)cc1. The lowest BCUT2D eigenvalue weighted by atomic mass is 10.0. The Morgan fingerprint density at radius 1 is 0.418 bits per heavy atom. The number of anilines is 3. The first-order chi connectivity index (χ1) is 26.4. The summed E-state index contributed by atoms with van der Waals surface area (Å²) in [6, 6.07) is 47.2. The van der Waals surface area contributed by atoms with Gasteiger partial charge in [-0.2, -0.15) is 0 Å². The van der Waals surface area contributed by atoms with Crippen LogP contribution in [0.15, 0.2) is 170 Å². The van der Waals surface area contributed by atoms with Crippen LogP contribution in [0.2, 0.25) is 0 Å². The number of ether oxygens (including phenoxy) is 3. The Morgan fingerprint density at radius 3 is 0.891 bits per heavy atom. The van der Waals surface area contributed by atoms with Gasteiger partial charge in [0.05, 0.1) is 5.92 Å².